The van der Waals surface area contributed by atoms with Gasteiger partial charge in [-0.25, -0.2) is 0 Å². The number of carboxylic acid groups (broad SMARTS) is 1. The highest BCUT2D eigenvalue weighted by atomic mass is 32.1. The second-order valence-electron chi connectivity index (χ2n) is 3.74. The smallest absolute Gasteiger partial charge is 0.305 e. The normalized spacial score (nSPS) is 9.71. The Balaban J connectivity index is 2.23. The number of aryl methyl sites for hydroxylation is 1. The van der Waals surface area contributed by atoms with Gasteiger partial charge < -0.3 is 15.7 Å². The average molecular weight is 252 g/mol. The highest BCUT2D eigenvalue weighted by molar-refractivity contribution is 7.80. The number of thiocarbonyl (C=S) groups is 1. The molecular weight excluding hydrogens is 236 g/mol. The quantitative estimate of drug-likeness (QED) is 0.692. The average Bonchev–Trinajstić information content (AvgIpc) is 2.28. The molecule has 0 aliphatic heterocycles. The van der Waals surface area contributed by atoms with E-state index in [4.69, 9.17) is 17.3 Å². The number of nitrogens with one attached hydrogen (secondary N) is 2. The molecule has 0 aliphatic rings. The van der Waals surface area contributed by atoms with Crippen LogP contribution in [-0.4, -0.2) is 22.7 Å². The number of rotatable bonds is 5. The lowest BCUT2D eigenvalue weighted by Gasteiger charge is -2.09. The largest absolute Gasteiger partial charge is 0.481 e. The van der Waals surface area contributed by atoms with Crippen LogP contribution in [-0.2, 0) is 11.3 Å². The molecule has 0 radical (unpaired) electrons. The summed E-state index contributed by atoms with van der Waals surface area (Å²) in [7, 11) is 0. The fourth-order valence-corrected chi connectivity index (χ4v) is 1.41. The number of benzene rings is 1. The molecule has 0 atom stereocenters. The molecule has 0 amide bonds. The topological polar surface area (TPSA) is 61.4 Å². The minimum absolute atomic E-state index is 0.0619. The summed E-state index contributed by atoms with van der Waals surface area (Å²) >= 11 is 5.02. The van der Waals surface area contributed by atoms with Crippen LogP contribution in [0.25, 0.3) is 0 Å². The van der Waals surface area contributed by atoms with Crippen molar-refractivity contribution in [1.82, 2.24) is 10.6 Å². The van der Waals surface area contributed by atoms with Gasteiger partial charge in [0.15, 0.2) is 5.11 Å². The molecule has 4 nitrogen and oxygen atoms in total. The predicted octanol–water partition coefficient (Wildman–Crippen LogP) is 1.43. The van der Waals surface area contributed by atoms with Crippen LogP contribution in [0, 0.1) is 6.92 Å². The molecule has 1 aromatic carbocycles. The molecule has 17 heavy (non-hydrogen) atoms. The Morgan fingerprint density at radius 2 is 1.94 bits per heavy atom. The number of carboxylic acids is 1. The third-order valence-electron chi connectivity index (χ3n) is 2.20. The van der Waals surface area contributed by atoms with Gasteiger partial charge in [-0.1, -0.05) is 29.8 Å². The van der Waals surface area contributed by atoms with E-state index >= 15 is 0 Å². The third-order valence-corrected chi connectivity index (χ3v) is 2.49. The van der Waals surface area contributed by atoms with Crippen LogP contribution in [0.3, 0.4) is 0 Å². The van der Waals surface area contributed by atoms with Crippen molar-refractivity contribution in [2.75, 3.05) is 6.54 Å². The third kappa shape index (κ3) is 5.87. The standard InChI is InChI=1S/C12H16N2O2S/c1-9-2-4-10(5-3-9)8-14-12(17)13-7-6-11(15)16/h2-5H,6-8H2,1H3,(H,15,16)(H2,13,14,17). The molecule has 0 fully saturated rings. The van der Waals surface area contributed by atoms with Crippen LogP contribution >= 0.6 is 12.2 Å². The Morgan fingerprint density at radius 1 is 1.29 bits per heavy atom. The van der Waals surface area contributed by atoms with Gasteiger partial charge >= 0.3 is 5.97 Å². The summed E-state index contributed by atoms with van der Waals surface area (Å²) in [5.74, 6) is -0.834. The lowest BCUT2D eigenvalue weighted by molar-refractivity contribution is -0.136. The summed E-state index contributed by atoms with van der Waals surface area (Å²) in [6, 6.07) is 8.14. The predicted molar refractivity (Wildman–Crippen MR) is 70.9 cm³/mol. The van der Waals surface area contributed by atoms with Crippen LogP contribution in [0.5, 0.6) is 0 Å². The Labute approximate surface area is 106 Å². The highest BCUT2D eigenvalue weighted by Gasteiger charge is 1.99. The van der Waals surface area contributed by atoms with E-state index in [1.807, 2.05) is 31.2 Å². The minimum Gasteiger partial charge on any atom is -0.481 e. The Kier molecular flexibility index (Phi) is 5.42. The molecule has 0 aromatic heterocycles. The fraction of sp³-hybridized carbons (Fsp3) is 0.333. The first-order valence-corrected chi connectivity index (χ1v) is 5.78. The Bertz CT molecular complexity index is 390. The first kappa shape index (κ1) is 13.4. The van der Waals surface area contributed by atoms with Crippen molar-refractivity contribution in [3.8, 4) is 0 Å². The molecule has 0 spiro atoms. The first-order chi connectivity index (χ1) is 8.08. The minimum atomic E-state index is -0.834. The van der Waals surface area contributed by atoms with E-state index in [1.54, 1.807) is 0 Å². The summed E-state index contributed by atoms with van der Waals surface area (Å²) in [5, 5.41) is 14.8. The van der Waals surface area contributed by atoms with Gasteiger partial charge in [-0.15, -0.1) is 0 Å². The van der Waals surface area contributed by atoms with E-state index in [-0.39, 0.29) is 6.42 Å². The van der Waals surface area contributed by atoms with E-state index in [0.29, 0.717) is 18.2 Å². The maximum Gasteiger partial charge on any atom is 0.305 e. The van der Waals surface area contributed by atoms with E-state index in [2.05, 4.69) is 10.6 Å². The van der Waals surface area contributed by atoms with Crippen molar-refractivity contribution in [1.29, 1.82) is 0 Å². The van der Waals surface area contributed by atoms with Crippen LogP contribution in [0.1, 0.15) is 17.5 Å². The van der Waals surface area contributed by atoms with E-state index in [9.17, 15) is 4.79 Å². The van der Waals surface area contributed by atoms with Gasteiger partial charge in [-0.2, -0.15) is 0 Å². The Morgan fingerprint density at radius 3 is 2.53 bits per heavy atom. The molecule has 0 saturated carbocycles. The van der Waals surface area contributed by atoms with Crippen molar-refractivity contribution in [2.24, 2.45) is 0 Å². The second kappa shape index (κ2) is 6.85. The summed E-state index contributed by atoms with van der Waals surface area (Å²) in [5.41, 5.74) is 2.36. The highest BCUT2D eigenvalue weighted by Crippen LogP contribution is 2.02. The lowest BCUT2D eigenvalue weighted by Crippen LogP contribution is -2.35. The van der Waals surface area contributed by atoms with Gasteiger partial charge in [0.1, 0.15) is 0 Å². The summed E-state index contributed by atoms with van der Waals surface area (Å²) in [4.78, 5) is 10.3. The number of hydrogen-bond donors (Lipinski definition) is 3. The fourth-order valence-electron chi connectivity index (χ4n) is 1.23. The Hall–Kier alpha value is -1.62. The van der Waals surface area contributed by atoms with Crippen LogP contribution in [0.4, 0.5) is 0 Å². The molecule has 92 valence electrons. The van der Waals surface area contributed by atoms with Crippen molar-refractivity contribution in [3.05, 3.63) is 35.4 Å². The van der Waals surface area contributed by atoms with Crippen LogP contribution < -0.4 is 10.6 Å². The SMILES string of the molecule is Cc1ccc(CNC(=S)NCCC(=O)O)cc1. The molecule has 5 heteroatoms. The molecular formula is C12H16N2O2S. The van der Waals surface area contributed by atoms with Crippen molar-refractivity contribution in [2.45, 2.75) is 19.9 Å². The van der Waals surface area contributed by atoms with Crippen molar-refractivity contribution >= 4 is 23.3 Å². The summed E-state index contributed by atoms with van der Waals surface area (Å²) in [6.45, 7) is 3.02. The molecule has 3 N–H and O–H groups in total. The van der Waals surface area contributed by atoms with Crippen molar-refractivity contribution < 1.29 is 9.90 Å². The zero-order valence-electron chi connectivity index (χ0n) is 9.69. The molecule has 0 bridgehead atoms. The first-order valence-electron chi connectivity index (χ1n) is 5.37. The summed E-state index contributed by atoms with van der Waals surface area (Å²) in [6.07, 6.45) is 0.0619. The number of carbonyl (C=O) groups is 1. The van der Waals surface area contributed by atoms with Crippen LogP contribution in [0.15, 0.2) is 24.3 Å². The molecule has 0 unspecified atom stereocenters. The molecule has 0 aliphatic carbocycles. The van der Waals surface area contributed by atoms with Gasteiger partial charge in [-0.3, -0.25) is 4.79 Å². The van der Waals surface area contributed by atoms with Gasteiger partial charge in [0, 0.05) is 13.1 Å². The zero-order valence-corrected chi connectivity index (χ0v) is 10.5. The summed E-state index contributed by atoms with van der Waals surface area (Å²) < 4.78 is 0. The zero-order chi connectivity index (χ0) is 12.7. The molecule has 0 heterocycles. The molecule has 0 saturated heterocycles. The number of aliphatic carboxylic acids is 1. The van der Waals surface area contributed by atoms with Gasteiger partial charge in [0.2, 0.25) is 0 Å². The maximum absolute atomic E-state index is 10.3. The van der Waals surface area contributed by atoms with Gasteiger partial charge in [0.05, 0.1) is 6.42 Å². The van der Waals surface area contributed by atoms with Gasteiger partial charge in [-0.05, 0) is 24.7 Å². The van der Waals surface area contributed by atoms with E-state index in [0.717, 1.165) is 5.56 Å². The monoisotopic (exact) mass is 252 g/mol. The maximum atomic E-state index is 10.3. The molecule has 1 aromatic rings. The lowest BCUT2D eigenvalue weighted by atomic mass is 10.1. The van der Waals surface area contributed by atoms with Gasteiger partial charge in [0.25, 0.3) is 0 Å². The van der Waals surface area contributed by atoms with Crippen molar-refractivity contribution in [3.63, 3.8) is 0 Å². The van der Waals surface area contributed by atoms with Crippen LogP contribution in [0.2, 0.25) is 0 Å². The van der Waals surface area contributed by atoms with E-state index in [1.165, 1.54) is 5.56 Å². The number of hydrogen-bond acceptors (Lipinski definition) is 2. The molecule has 1 rings (SSSR count). The van der Waals surface area contributed by atoms with E-state index < -0.39 is 5.97 Å². The second-order valence-corrected chi connectivity index (χ2v) is 4.15.